The number of nitrogens with zero attached hydrogens (tertiary/aromatic N) is 1. The van der Waals surface area contributed by atoms with Gasteiger partial charge in [-0.3, -0.25) is 4.79 Å². The van der Waals surface area contributed by atoms with E-state index in [4.69, 9.17) is 21.1 Å². The molecule has 0 fully saturated rings. The number of hydrogen-bond donors (Lipinski definition) is 1. The molecular formula is C10H7ClFNO3. The molecule has 1 aromatic heterocycles. The SMILES string of the molecule is O=C(O)CCc1nc2cc(Cl)c(F)cc2o1. The van der Waals surface area contributed by atoms with Crippen LogP contribution in [0.25, 0.3) is 11.1 Å². The average Bonchev–Trinajstić information content (AvgIpc) is 2.58. The number of aromatic nitrogens is 1. The van der Waals surface area contributed by atoms with Gasteiger partial charge in [-0.2, -0.15) is 0 Å². The summed E-state index contributed by atoms with van der Waals surface area (Å²) in [6.07, 6.45) is 0.0896. The molecule has 0 aliphatic heterocycles. The summed E-state index contributed by atoms with van der Waals surface area (Å²) in [7, 11) is 0. The number of carbonyl (C=O) groups is 1. The molecule has 0 saturated heterocycles. The van der Waals surface area contributed by atoms with Crippen molar-refractivity contribution in [3.05, 3.63) is 28.9 Å². The normalized spacial score (nSPS) is 10.9. The fraction of sp³-hybridized carbons (Fsp3) is 0.200. The first kappa shape index (κ1) is 10.9. The van der Waals surface area contributed by atoms with Crippen molar-refractivity contribution >= 4 is 28.7 Å². The lowest BCUT2D eigenvalue weighted by Gasteiger charge is -1.90. The highest BCUT2D eigenvalue weighted by atomic mass is 35.5. The molecule has 2 aromatic rings. The first-order chi connectivity index (χ1) is 7.56. The Labute approximate surface area is 94.6 Å². The zero-order valence-corrected chi connectivity index (χ0v) is 8.79. The van der Waals surface area contributed by atoms with Gasteiger partial charge in [-0.1, -0.05) is 11.6 Å². The van der Waals surface area contributed by atoms with Crippen LogP contribution in [-0.2, 0) is 11.2 Å². The Balaban J connectivity index is 2.33. The summed E-state index contributed by atoms with van der Waals surface area (Å²) in [5, 5.41) is 8.45. The van der Waals surface area contributed by atoms with E-state index >= 15 is 0 Å². The van der Waals surface area contributed by atoms with Crippen LogP contribution >= 0.6 is 11.6 Å². The molecule has 84 valence electrons. The molecule has 0 bridgehead atoms. The highest BCUT2D eigenvalue weighted by Crippen LogP contribution is 2.23. The smallest absolute Gasteiger partial charge is 0.303 e. The Morgan fingerprint density at radius 3 is 3.00 bits per heavy atom. The maximum absolute atomic E-state index is 13.1. The molecule has 0 unspecified atom stereocenters. The Morgan fingerprint density at radius 2 is 2.31 bits per heavy atom. The molecule has 1 heterocycles. The van der Waals surface area contributed by atoms with Crippen LogP contribution in [0.3, 0.4) is 0 Å². The van der Waals surface area contributed by atoms with E-state index in [9.17, 15) is 9.18 Å². The highest BCUT2D eigenvalue weighted by Gasteiger charge is 2.10. The summed E-state index contributed by atoms with van der Waals surface area (Å²) in [5.41, 5.74) is 0.689. The number of carboxylic acid groups (broad SMARTS) is 1. The second-order valence-corrected chi connectivity index (χ2v) is 3.64. The van der Waals surface area contributed by atoms with Gasteiger partial charge < -0.3 is 9.52 Å². The zero-order valence-electron chi connectivity index (χ0n) is 8.04. The van der Waals surface area contributed by atoms with E-state index < -0.39 is 11.8 Å². The van der Waals surface area contributed by atoms with E-state index in [1.165, 1.54) is 6.07 Å². The lowest BCUT2D eigenvalue weighted by Crippen LogP contribution is -1.97. The van der Waals surface area contributed by atoms with Crippen molar-refractivity contribution in [2.24, 2.45) is 0 Å². The maximum atomic E-state index is 13.1. The van der Waals surface area contributed by atoms with Gasteiger partial charge in [0, 0.05) is 12.5 Å². The van der Waals surface area contributed by atoms with Crippen LogP contribution in [0.4, 0.5) is 4.39 Å². The summed E-state index contributed by atoms with van der Waals surface area (Å²) in [5.74, 6) is -1.26. The third-order valence-corrected chi connectivity index (χ3v) is 2.32. The van der Waals surface area contributed by atoms with Gasteiger partial charge in [-0.25, -0.2) is 9.37 Å². The Bertz CT molecular complexity index is 513. The molecule has 1 aromatic carbocycles. The van der Waals surface area contributed by atoms with Gasteiger partial charge in [0.1, 0.15) is 11.3 Å². The molecule has 4 nitrogen and oxygen atoms in total. The van der Waals surface area contributed by atoms with Crippen LogP contribution in [0.1, 0.15) is 12.3 Å². The second kappa shape index (κ2) is 4.09. The van der Waals surface area contributed by atoms with Crippen LogP contribution in [0, 0.1) is 5.82 Å². The number of hydrogen-bond acceptors (Lipinski definition) is 3. The van der Waals surface area contributed by atoms with Crippen LogP contribution in [-0.4, -0.2) is 16.1 Å². The number of rotatable bonds is 3. The van der Waals surface area contributed by atoms with Crippen LogP contribution < -0.4 is 0 Å². The van der Waals surface area contributed by atoms with Crippen molar-refractivity contribution in [2.45, 2.75) is 12.8 Å². The fourth-order valence-corrected chi connectivity index (χ4v) is 1.45. The Hall–Kier alpha value is -1.62. The van der Waals surface area contributed by atoms with Crippen molar-refractivity contribution in [1.82, 2.24) is 4.98 Å². The molecule has 0 spiro atoms. The predicted octanol–water partition coefficient (Wildman–Crippen LogP) is 2.64. The van der Waals surface area contributed by atoms with E-state index in [0.717, 1.165) is 6.07 Å². The molecule has 16 heavy (non-hydrogen) atoms. The number of carboxylic acids is 1. The van der Waals surface area contributed by atoms with Gasteiger partial charge in [-0.15, -0.1) is 0 Å². The number of halogens is 2. The van der Waals surface area contributed by atoms with E-state index in [0.29, 0.717) is 5.52 Å². The number of oxazole rings is 1. The molecule has 6 heteroatoms. The van der Waals surface area contributed by atoms with Crippen LogP contribution in [0.15, 0.2) is 16.5 Å². The number of fused-ring (bicyclic) bond motifs is 1. The summed E-state index contributed by atoms with van der Waals surface area (Å²) < 4.78 is 18.2. The van der Waals surface area contributed by atoms with Gasteiger partial charge >= 0.3 is 5.97 Å². The van der Waals surface area contributed by atoms with E-state index in [-0.39, 0.29) is 29.3 Å². The van der Waals surface area contributed by atoms with E-state index in [1.807, 2.05) is 0 Å². The molecule has 2 rings (SSSR count). The Kier molecular flexibility index (Phi) is 2.78. The molecular weight excluding hydrogens is 237 g/mol. The van der Waals surface area contributed by atoms with Crippen molar-refractivity contribution < 1.29 is 18.7 Å². The summed E-state index contributed by atoms with van der Waals surface area (Å²) in [6.45, 7) is 0. The molecule has 1 N–H and O–H groups in total. The minimum Gasteiger partial charge on any atom is -0.481 e. The minimum absolute atomic E-state index is 0.0365. The molecule has 0 radical (unpaired) electrons. The third kappa shape index (κ3) is 2.14. The minimum atomic E-state index is -0.938. The maximum Gasteiger partial charge on any atom is 0.303 e. The van der Waals surface area contributed by atoms with Gasteiger partial charge in [-0.05, 0) is 6.07 Å². The van der Waals surface area contributed by atoms with Crippen molar-refractivity contribution in [2.75, 3.05) is 0 Å². The Morgan fingerprint density at radius 1 is 1.56 bits per heavy atom. The predicted molar refractivity (Wildman–Crippen MR) is 54.9 cm³/mol. The van der Waals surface area contributed by atoms with Crippen molar-refractivity contribution in [3.63, 3.8) is 0 Å². The monoisotopic (exact) mass is 243 g/mol. The summed E-state index contributed by atoms with van der Waals surface area (Å²) in [4.78, 5) is 14.4. The van der Waals surface area contributed by atoms with Gasteiger partial charge in [0.2, 0.25) is 0 Å². The average molecular weight is 244 g/mol. The van der Waals surface area contributed by atoms with E-state index in [2.05, 4.69) is 4.98 Å². The molecule has 0 saturated carbocycles. The second-order valence-electron chi connectivity index (χ2n) is 3.24. The largest absolute Gasteiger partial charge is 0.481 e. The van der Waals surface area contributed by atoms with E-state index in [1.54, 1.807) is 0 Å². The lowest BCUT2D eigenvalue weighted by atomic mass is 10.3. The van der Waals surface area contributed by atoms with Crippen molar-refractivity contribution in [3.8, 4) is 0 Å². The summed E-state index contributed by atoms with van der Waals surface area (Å²) in [6, 6.07) is 2.48. The quantitative estimate of drug-likeness (QED) is 0.900. The topological polar surface area (TPSA) is 63.3 Å². The third-order valence-electron chi connectivity index (χ3n) is 2.03. The molecule has 0 atom stereocenters. The van der Waals surface area contributed by atoms with Gasteiger partial charge in [0.25, 0.3) is 0 Å². The first-order valence-electron chi connectivity index (χ1n) is 4.52. The highest BCUT2D eigenvalue weighted by molar-refractivity contribution is 6.31. The zero-order chi connectivity index (χ0) is 11.7. The lowest BCUT2D eigenvalue weighted by molar-refractivity contribution is -0.137. The number of aliphatic carboxylic acids is 1. The van der Waals surface area contributed by atoms with Gasteiger partial charge in [0.15, 0.2) is 11.5 Å². The standard InChI is InChI=1S/C10H7ClFNO3/c11-5-3-7-8(4-6(5)12)16-9(13-7)1-2-10(14)15/h3-4H,1-2H2,(H,14,15). The molecule has 0 amide bonds. The van der Waals surface area contributed by atoms with Crippen molar-refractivity contribution in [1.29, 1.82) is 0 Å². The number of benzene rings is 1. The first-order valence-corrected chi connectivity index (χ1v) is 4.90. The summed E-state index contributed by atoms with van der Waals surface area (Å²) >= 11 is 5.57. The molecule has 0 aliphatic rings. The van der Waals surface area contributed by atoms with Gasteiger partial charge in [0.05, 0.1) is 11.4 Å². The fourth-order valence-electron chi connectivity index (χ4n) is 1.29. The molecule has 0 aliphatic carbocycles. The number of aryl methyl sites for hydroxylation is 1. The van der Waals surface area contributed by atoms with Crippen LogP contribution in [0.2, 0.25) is 5.02 Å². The van der Waals surface area contributed by atoms with Crippen LogP contribution in [0.5, 0.6) is 0 Å².